The maximum absolute atomic E-state index is 11.4. The Bertz CT molecular complexity index is 372. The van der Waals surface area contributed by atoms with Crippen LogP contribution < -0.4 is 21.7 Å². The molecule has 0 aliphatic heterocycles. The Morgan fingerprint density at radius 1 is 1.15 bits per heavy atom. The first-order valence-corrected chi connectivity index (χ1v) is 6.19. The van der Waals surface area contributed by atoms with E-state index in [-0.39, 0.29) is 31.7 Å². The van der Waals surface area contributed by atoms with Crippen molar-refractivity contribution in [3.63, 3.8) is 0 Å². The Hall–Kier alpha value is -2.32. The Labute approximate surface area is 116 Å². The van der Waals surface area contributed by atoms with Crippen molar-refractivity contribution < 1.29 is 24.3 Å². The average Bonchev–Trinajstić information content (AvgIpc) is 2.34. The number of amides is 4. The number of hydrogen-bond acceptors (Lipinski definition) is 4. The van der Waals surface area contributed by atoms with Gasteiger partial charge >= 0.3 is 12.0 Å². The number of carbonyl (C=O) groups is 4. The maximum Gasteiger partial charge on any atom is 0.326 e. The lowest BCUT2D eigenvalue weighted by molar-refractivity contribution is -0.139. The van der Waals surface area contributed by atoms with E-state index >= 15 is 0 Å². The molecule has 0 heterocycles. The second kappa shape index (κ2) is 9.59. The Morgan fingerprint density at radius 3 is 2.30 bits per heavy atom. The number of carbonyl (C=O) groups excluding carboxylic acids is 3. The molecule has 1 atom stereocenters. The molecular weight excluding hydrogens is 268 g/mol. The van der Waals surface area contributed by atoms with Gasteiger partial charge in [-0.15, -0.1) is 0 Å². The molecule has 0 aromatic heterocycles. The molecule has 0 fully saturated rings. The number of rotatable bonds is 9. The standard InChI is InChI=1S/C11H20N4O5/c1-2-13-9(17)5-6-14-11(20)15-7(10(18)19)3-4-8(12)16/h7H,2-6H2,1H3,(H2,12,16)(H,13,17)(H,18,19)(H2,14,15,20). The predicted octanol–water partition coefficient (Wildman–Crippen LogP) is -1.47. The van der Waals surface area contributed by atoms with E-state index < -0.39 is 23.9 Å². The van der Waals surface area contributed by atoms with E-state index in [0.717, 1.165) is 0 Å². The van der Waals surface area contributed by atoms with Crippen molar-refractivity contribution in [3.8, 4) is 0 Å². The number of nitrogens with two attached hydrogens (primary N) is 1. The third-order valence-corrected chi connectivity index (χ3v) is 2.29. The number of carboxylic acid groups (broad SMARTS) is 1. The van der Waals surface area contributed by atoms with Crippen molar-refractivity contribution in [1.82, 2.24) is 16.0 Å². The number of nitrogens with one attached hydrogen (secondary N) is 3. The first kappa shape index (κ1) is 17.7. The molecule has 0 rings (SSSR count). The summed E-state index contributed by atoms with van der Waals surface area (Å²) < 4.78 is 0. The van der Waals surface area contributed by atoms with Crippen molar-refractivity contribution in [2.45, 2.75) is 32.2 Å². The summed E-state index contributed by atoms with van der Waals surface area (Å²) in [7, 11) is 0. The Kier molecular flexibility index (Phi) is 8.48. The molecule has 0 aromatic carbocycles. The topological polar surface area (TPSA) is 151 Å². The molecule has 9 heteroatoms. The summed E-state index contributed by atoms with van der Waals surface area (Å²) in [5.41, 5.74) is 4.91. The first-order valence-electron chi connectivity index (χ1n) is 6.19. The third-order valence-electron chi connectivity index (χ3n) is 2.29. The van der Waals surface area contributed by atoms with E-state index in [9.17, 15) is 19.2 Å². The number of hydrogen-bond donors (Lipinski definition) is 5. The molecule has 0 spiro atoms. The van der Waals surface area contributed by atoms with Crippen LogP contribution in [0.25, 0.3) is 0 Å². The van der Waals surface area contributed by atoms with Gasteiger partial charge in [0.2, 0.25) is 11.8 Å². The van der Waals surface area contributed by atoms with E-state index in [1.807, 2.05) is 0 Å². The van der Waals surface area contributed by atoms with E-state index in [1.165, 1.54) is 0 Å². The molecule has 114 valence electrons. The van der Waals surface area contributed by atoms with Gasteiger partial charge in [0.15, 0.2) is 0 Å². The van der Waals surface area contributed by atoms with Crippen molar-refractivity contribution in [2.24, 2.45) is 5.73 Å². The van der Waals surface area contributed by atoms with Crippen LogP contribution in [-0.2, 0) is 14.4 Å². The maximum atomic E-state index is 11.4. The number of urea groups is 1. The molecule has 0 aliphatic rings. The van der Waals surface area contributed by atoms with Crippen LogP contribution in [0, 0.1) is 0 Å². The summed E-state index contributed by atoms with van der Waals surface area (Å²) >= 11 is 0. The summed E-state index contributed by atoms with van der Waals surface area (Å²) in [6, 6.07) is -1.92. The van der Waals surface area contributed by atoms with Crippen molar-refractivity contribution in [3.05, 3.63) is 0 Å². The molecule has 6 N–H and O–H groups in total. The summed E-state index contributed by atoms with van der Waals surface area (Å²) in [5, 5.41) is 16.0. The second-order valence-corrected chi connectivity index (χ2v) is 4.00. The Morgan fingerprint density at radius 2 is 1.80 bits per heavy atom. The zero-order valence-electron chi connectivity index (χ0n) is 11.3. The van der Waals surface area contributed by atoms with Gasteiger partial charge in [0, 0.05) is 25.9 Å². The summed E-state index contributed by atoms with van der Waals surface area (Å²) in [4.78, 5) is 43.9. The van der Waals surface area contributed by atoms with Crippen LogP contribution in [0.1, 0.15) is 26.2 Å². The van der Waals surface area contributed by atoms with Crippen LogP contribution in [-0.4, -0.2) is 48.1 Å². The van der Waals surface area contributed by atoms with Crippen LogP contribution in [0.15, 0.2) is 0 Å². The van der Waals surface area contributed by atoms with Crippen LogP contribution in [0.2, 0.25) is 0 Å². The molecular formula is C11H20N4O5. The average molecular weight is 288 g/mol. The Balaban J connectivity index is 4.04. The van der Waals surface area contributed by atoms with E-state index in [4.69, 9.17) is 10.8 Å². The molecule has 0 radical (unpaired) electrons. The fraction of sp³-hybridized carbons (Fsp3) is 0.636. The number of aliphatic carboxylic acids is 1. The van der Waals surface area contributed by atoms with Crippen molar-refractivity contribution in [2.75, 3.05) is 13.1 Å². The molecule has 20 heavy (non-hydrogen) atoms. The highest BCUT2D eigenvalue weighted by Gasteiger charge is 2.20. The minimum absolute atomic E-state index is 0.0832. The van der Waals surface area contributed by atoms with E-state index in [1.54, 1.807) is 6.92 Å². The number of primary amides is 1. The lowest BCUT2D eigenvalue weighted by atomic mass is 10.1. The van der Waals surface area contributed by atoms with Crippen LogP contribution >= 0.6 is 0 Å². The summed E-state index contributed by atoms with van der Waals surface area (Å²) in [5.74, 6) is -2.11. The van der Waals surface area contributed by atoms with E-state index in [0.29, 0.717) is 6.54 Å². The fourth-order valence-corrected chi connectivity index (χ4v) is 1.33. The second-order valence-electron chi connectivity index (χ2n) is 4.00. The zero-order valence-corrected chi connectivity index (χ0v) is 11.3. The van der Waals surface area contributed by atoms with Crippen LogP contribution in [0.4, 0.5) is 4.79 Å². The first-order chi connectivity index (χ1) is 9.36. The lowest BCUT2D eigenvalue weighted by Crippen LogP contribution is -2.47. The highest BCUT2D eigenvalue weighted by atomic mass is 16.4. The normalized spacial score (nSPS) is 11.2. The molecule has 9 nitrogen and oxygen atoms in total. The van der Waals surface area contributed by atoms with Gasteiger partial charge < -0.3 is 26.8 Å². The lowest BCUT2D eigenvalue weighted by Gasteiger charge is -2.14. The zero-order chi connectivity index (χ0) is 15.5. The minimum Gasteiger partial charge on any atom is -0.480 e. The molecule has 1 unspecified atom stereocenters. The SMILES string of the molecule is CCNC(=O)CCNC(=O)NC(CCC(N)=O)C(=O)O. The molecule has 4 amide bonds. The van der Waals surface area contributed by atoms with Gasteiger partial charge in [-0.25, -0.2) is 9.59 Å². The van der Waals surface area contributed by atoms with Gasteiger partial charge in [0.1, 0.15) is 6.04 Å². The van der Waals surface area contributed by atoms with Gasteiger partial charge in [-0.2, -0.15) is 0 Å². The summed E-state index contributed by atoms with van der Waals surface area (Å²) in [6.07, 6.45) is -0.134. The van der Waals surface area contributed by atoms with Gasteiger partial charge in [-0.05, 0) is 13.3 Å². The van der Waals surface area contributed by atoms with Crippen molar-refractivity contribution >= 4 is 23.8 Å². The van der Waals surface area contributed by atoms with Gasteiger partial charge in [-0.3, -0.25) is 9.59 Å². The van der Waals surface area contributed by atoms with Gasteiger partial charge in [0.05, 0.1) is 0 Å². The highest BCUT2D eigenvalue weighted by molar-refractivity contribution is 5.83. The fourth-order valence-electron chi connectivity index (χ4n) is 1.33. The molecule has 0 bridgehead atoms. The largest absolute Gasteiger partial charge is 0.480 e. The predicted molar refractivity (Wildman–Crippen MR) is 69.7 cm³/mol. The number of carboxylic acids is 1. The molecule has 0 aliphatic carbocycles. The minimum atomic E-state index is -1.26. The molecule has 0 aromatic rings. The molecule has 0 saturated carbocycles. The van der Waals surface area contributed by atoms with Gasteiger partial charge in [0.25, 0.3) is 0 Å². The van der Waals surface area contributed by atoms with E-state index in [2.05, 4.69) is 16.0 Å². The van der Waals surface area contributed by atoms with Gasteiger partial charge in [-0.1, -0.05) is 0 Å². The highest BCUT2D eigenvalue weighted by Crippen LogP contribution is 1.97. The van der Waals surface area contributed by atoms with Crippen molar-refractivity contribution in [1.29, 1.82) is 0 Å². The van der Waals surface area contributed by atoms with Crippen LogP contribution in [0.5, 0.6) is 0 Å². The third kappa shape index (κ3) is 8.72. The molecule has 0 saturated heterocycles. The quantitative estimate of drug-likeness (QED) is 0.351. The summed E-state index contributed by atoms with van der Waals surface area (Å²) in [6.45, 7) is 2.35. The smallest absolute Gasteiger partial charge is 0.326 e. The monoisotopic (exact) mass is 288 g/mol. The van der Waals surface area contributed by atoms with Crippen LogP contribution in [0.3, 0.4) is 0 Å².